The van der Waals surface area contributed by atoms with Gasteiger partial charge in [0.05, 0.1) is 18.6 Å². The van der Waals surface area contributed by atoms with Crippen LogP contribution in [0.3, 0.4) is 0 Å². The largest absolute Gasteiger partial charge is 0.466 e. The lowest BCUT2D eigenvalue weighted by atomic mass is 9.83. The lowest BCUT2D eigenvalue weighted by molar-refractivity contribution is -0.148. The Balaban J connectivity index is 2.58. The van der Waals surface area contributed by atoms with E-state index in [1.54, 1.807) is 6.92 Å². The topological polar surface area (TPSA) is 46.5 Å². The Hall–Kier alpha value is -0.830. The number of carbonyl (C=O) groups is 1. The summed E-state index contributed by atoms with van der Waals surface area (Å²) in [6, 6.07) is 0. The molecule has 0 bridgehead atoms. The monoisotopic (exact) mass is 212 g/mol. The maximum Gasteiger partial charge on any atom is 0.309 e. The number of hydrogen-bond donors (Lipinski definition) is 1. The summed E-state index contributed by atoms with van der Waals surface area (Å²) in [5.74, 6) is -0.175. The van der Waals surface area contributed by atoms with Crippen molar-refractivity contribution in [2.45, 2.75) is 44.6 Å². The third kappa shape index (κ3) is 3.06. The second-order valence-electron chi connectivity index (χ2n) is 4.16. The maximum absolute atomic E-state index is 11.3. The average Bonchev–Trinajstić information content (AvgIpc) is 2.71. The van der Waals surface area contributed by atoms with Crippen molar-refractivity contribution >= 4 is 5.97 Å². The van der Waals surface area contributed by atoms with Gasteiger partial charge in [0.15, 0.2) is 0 Å². The van der Waals surface area contributed by atoms with Crippen molar-refractivity contribution in [1.29, 1.82) is 0 Å². The van der Waals surface area contributed by atoms with Crippen molar-refractivity contribution < 1.29 is 14.6 Å². The summed E-state index contributed by atoms with van der Waals surface area (Å²) < 4.78 is 4.85. The van der Waals surface area contributed by atoms with Gasteiger partial charge >= 0.3 is 5.97 Å². The number of esters is 1. The lowest BCUT2D eigenvalue weighted by Gasteiger charge is -2.29. The summed E-state index contributed by atoms with van der Waals surface area (Å²) in [6.45, 7) is 5.75. The smallest absolute Gasteiger partial charge is 0.309 e. The molecule has 3 nitrogen and oxygen atoms in total. The van der Waals surface area contributed by atoms with Crippen molar-refractivity contribution in [3.63, 3.8) is 0 Å². The molecule has 1 aliphatic rings. The van der Waals surface area contributed by atoms with Crippen molar-refractivity contribution in [2.24, 2.45) is 5.92 Å². The SMILES string of the molecule is C=CC(O)(CC(=O)OCC)C1CCCC1. The highest BCUT2D eigenvalue weighted by molar-refractivity contribution is 5.71. The molecule has 1 fully saturated rings. The fourth-order valence-corrected chi connectivity index (χ4v) is 2.25. The van der Waals surface area contributed by atoms with Crippen LogP contribution in [0.2, 0.25) is 0 Å². The van der Waals surface area contributed by atoms with E-state index < -0.39 is 5.60 Å². The van der Waals surface area contributed by atoms with Gasteiger partial charge in [0.25, 0.3) is 0 Å². The molecule has 86 valence electrons. The number of ether oxygens (including phenoxy) is 1. The Morgan fingerprint density at radius 1 is 1.60 bits per heavy atom. The molecule has 1 saturated carbocycles. The van der Waals surface area contributed by atoms with E-state index in [1.807, 2.05) is 0 Å². The summed E-state index contributed by atoms with van der Waals surface area (Å²) in [7, 11) is 0. The fraction of sp³-hybridized carbons (Fsp3) is 0.750. The van der Waals surface area contributed by atoms with Crippen LogP contribution in [0.5, 0.6) is 0 Å². The zero-order chi connectivity index (χ0) is 11.3. The summed E-state index contributed by atoms with van der Waals surface area (Å²) in [4.78, 5) is 11.3. The van der Waals surface area contributed by atoms with E-state index in [2.05, 4.69) is 6.58 Å². The van der Waals surface area contributed by atoms with Crippen molar-refractivity contribution in [2.75, 3.05) is 6.61 Å². The van der Waals surface area contributed by atoms with Crippen molar-refractivity contribution in [3.8, 4) is 0 Å². The van der Waals surface area contributed by atoms with Crippen LogP contribution in [0, 0.1) is 5.92 Å². The molecule has 0 heterocycles. The van der Waals surface area contributed by atoms with Gasteiger partial charge in [-0.1, -0.05) is 18.9 Å². The Bertz CT molecular complexity index is 231. The van der Waals surface area contributed by atoms with Gasteiger partial charge < -0.3 is 9.84 Å². The molecule has 1 N–H and O–H groups in total. The van der Waals surface area contributed by atoms with Gasteiger partial charge in [0, 0.05) is 0 Å². The summed E-state index contributed by atoms with van der Waals surface area (Å²) in [6.07, 6.45) is 5.74. The van der Waals surface area contributed by atoms with Crippen LogP contribution in [-0.4, -0.2) is 23.3 Å². The molecule has 0 spiro atoms. The van der Waals surface area contributed by atoms with Crippen LogP contribution in [0.15, 0.2) is 12.7 Å². The van der Waals surface area contributed by atoms with E-state index >= 15 is 0 Å². The predicted molar refractivity (Wildman–Crippen MR) is 58.4 cm³/mol. The summed E-state index contributed by atoms with van der Waals surface area (Å²) in [5.41, 5.74) is -1.07. The van der Waals surface area contributed by atoms with E-state index in [0.29, 0.717) is 6.61 Å². The van der Waals surface area contributed by atoms with Crippen LogP contribution < -0.4 is 0 Å². The summed E-state index contributed by atoms with van der Waals surface area (Å²) >= 11 is 0. The molecule has 1 atom stereocenters. The van der Waals surface area contributed by atoms with E-state index in [1.165, 1.54) is 6.08 Å². The third-order valence-electron chi connectivity index (χ3n) is 3.15. The number of carbonyl (C=O) groups excluding carboxylic acids is 1. The molecular formula is C12H20O3. The normalized spacial score (nSPS) is 20.9. The number of aliphatic hydroxyl groups is 1. The molecule has 0 aromatic rings. The van der Waals surface area contributed by atoms with Gasteiger partial charge in [-0.15, -0.1) is 6.58 Å². The average molecular weight is 212 g/mol. The molecule has 0 aliphatic heterocycles. The molecule has 15 heavy (non-hydrogen) atoms. The first kappa shape index (κ1) is 12.2. The third-order valence-corrected chi connectivity index (χ3v) is 3.15. The molecule has 1 aliphatic carbocycles. The standard InChI is InChI=1S/C12H20O3/c1-3-12(14,9-11(13)15-4-2)10-7-5-6-8-10/h3,10,14H,1,4-9H2,2H3. The van der Waals surface area contributed by atoms with Crippen LogP contribution in [0.4, 0.5) is 0 Å². The zero-order valence-electron chi connectivity index (χ0n) is 9.37. The Morgan fingerprint density at radius 3 is 2.67 bits per heavy atom. The molecule has 1 rings (SSSR count). The summed E-state index contributed by atoms with van der Waals surface area (Å²) in [5, 5.41) is 10.3. The zero-order valence-corrected chi connectivity index (χ0v) is 9.37. The number of rotatable bonds is 5. The van der Waals surface area contributed by atoms with Gasteiger partial charge in [-0.05, 0) is 25.7 Å². The van der Waals surface area contributed by atoms with Gasteiger partial charge in [-0.25, -0.2) is 0 Å². The molecule has 3 heteroatoms. The highest BCUT2D eigenvalue weighted by Gasteiger charge is 2.37. The van der Waals surface area contributed by atoms with Gasteiger partial charge in [-0.3, -0.25) is 4.79 Å². The molecule has 0 aromatic carbocycles. The minimum Gasteiger partial charge on any atom is -0.466 e. The molecule has 0 radical (unpaired) electrons. The Labute approximate surface area is 91.1 Å². The van der Waals surface area contributed by atoms with Crippen molar-refractivity contribution in [3.05, 3.63) is 12.7 Å². The van der Waals surface area contributed by atoms with Gasteiger partial charge in [0.1, 0.15) is 0 Å². The first-order chi connectivity index (χ1) is 7.12. The van der Waals surface area contributed by atoms with E-state index in [-0.39, 0.29) is 18.3 Å². The molecule has 1 unspecified atom stereocenters. The minimum absolute atomic E-state index is 0.0367. The van der Waals surface area contributed by atoms with Crippen LogP contribution >= 0.6 is 0 Å². The van der Waals surface area contributed by atoms with Crippen LogP contribution in [0.1, 0.15) is 39.0 Å². The molecule has 0 amide bonds. The minimum atomic E-state index is -1.07. The van der Waals surface area contributed by atoms with Crippen molar-refractivity contribution in [1.82, 2.24) is 0 Å². The molecule has 0 aromatic heterocycles. The lowest BCUT2D eigenvalue weighted by Crippen LogP contribution is -2.37. The fourth-order valence-electron chi connectivity index (χ4n) is 2.25. The highest BCUT2D eigenvalue weighted by Crippen LogP contribution is 2.36. The Kier molecular flexibility index (Phi) is 4.33. The first-order valence-corrected chi connectivity index (χ1v) is 5.64. The molecular weight excluding hydrogens is 192 g/mol. The van der Waals surface area contributed by atoms with E-state index in [9.17, 15) is 9.90 Å². The van der Waals surface area contributed by atoms with Crippen LogP contribution in [-0.2, 0) is 9.53 Å². The second-order valence-corrected chi connectivity index (χ2v) is 4.16. The van der Waals surface area contributed by atoms with E-state index in [4.69, 9.17) is 4.74 Å². The number of hydrogen-bond acceptors (Lipinski definition) is 3. The van der Waals surface area contributed by atoms with Gasteiger partial charge in [0.2, 0.25) is 0 Å². The van der Waals surface area contributed by atoms with E-state index in [0.717, 1.165) is 25.7 Å². The predicted octanol–water partition coefficient (Wildman–Crippen LogP) is 2.05. The second kappa shape index (κ2) is 5.31. The highest BCUT2D eigenvalue weighted by atomic mass is 16.5. The maximum atomic E-state index is 11.3. The first-order valence-electron chi connectivity index (χ1n) is 5.64. The van der Waals surface area contributed by atoms with Gasteiger partial charge in [-0.2, -0.15) is 0 Å². The quantitative estimate of drug-likeness (QED) is 0.560. The van der Waals surface area contributed by atoms with Crippen LogP contribution in [0.25, 0.3) is 0 Å². The molecule has 0 saturated heterocycles. The Morgan fingerprint density at radius 2 is 2.20 bits per heavy atom.